The molecule has 1 fully saturated rings. The third-order valence-corrected chi connectivity index (χ3v) is 7.90. The van der Waals surface area contributed by atoms with E-state index in [4.69, 9.17) is 9.97 Å². The highest BCUT2D eigenvalue weighted by Gasteiger charge is 2.45. The summed E-state index contributed by atoms with van der Waals surface area (Å²) in [6.07, 6.45) is 4.64. The van der Waals surface area contributed by atoms with Gasteiger partial charge in [0.2, 0.25) is 0 Å². The van der Waals surface area contributed by atoms with E-state index in [0.29, 0.717) is 37.2 Å². The van der Waals surface area contributed by atoms with E-state index in [1.54, 1.807) is 10.9 Å². The van der Waals surface area contributed by atoms with Crippen LogP contribution in [0.25, 0.3) is 11.3 Å². The van der Waals surface area contributed by atoms with E-state index < -0.39 is 29.0 Å². The minimum atomic E-state index is -3.40. The van der Waals surface area contributed by atoms with Gasteiger partial charge in [-0.1, -0.05) is 30.3 Å². The van der Waals surface area contributed by atoms with E-state index in [1.807, 2.05) is 36.3 Å². The van der Waals surface area contributed by atoms with Crippen molar-refractivity contribution in [3.8, 4) is 11.3 Å². The van der Waals surface area contributed by atoms with Crippen molar-refractivity contribution in [3.63, 3.8) is 0 Å². The summed E-state index contributed by atoms with van der Waals surface area (Å²) in [7, 11) is 1.83. The molecule has 4 heterocycles. The molecule has 40 heavy (non-hydrogen) atoms. The molecule has 0 N–H and O–H groups in total. The molecule has 1 saturated heterocycles. The molecule has 2 aliphatic heterocycles. The second-order valence-corrected chi connectivity index (χ2v) is 10.6. The van der Waals surface area contributed by atoms with Gasteiger partial charge in [-0.15, -0.1) is 0 Å². The van der Waals surface area contributed by atoms with Crippen molar-refractivity contribution in [1.29, 1.82) is 0 Å². The first kappa shape index (κ1) is 26.4. The summed E-state index contributed by atoms with van der Waals surface area (Å²) in [5.74, 6) is -5.89. The van der Waals surface area contributed by atoms with Crippen LogP contribution in [0.5, 0.6) is 0 Å². The first-order valence-corrected chi connectivity index (χ1v) is 13.5. The minimum Gasteiger partial charge on any atom is -0.355 e. The van der Waals surface area contributed by atoms with Crippen LogP contribution in [0.3, 0.4) is 0 Å². The molecule has 4 aromatic rings. The van der Waals surface area contributed by atoms with Crippen LogP contribution in [-0.4, -0.2) is 44.3 Å². The maximum atomic E-state index is 15.3. The monoisotopic (exact) mass is 550 g/mol. The quantitative estimate of drug-likeness (QED) is 0.288. The molecule has 0 atom stereocenters. The summed E-state index contributed by atoms with van der Waals surface area (Å²) in [6.45, 7) is 2.98. The Hall–Kier alpha value is -3.79. The van der Waals surface area contributed by atoms with Crippen molar-refractivity contribution in [3.05, 3.63) is 95.1 Å². The van der Waals surface area contributed by atoms with Gasteiger partial charge in [0.15, 0.2) is 5.82 Å². The molecule has 0 amide bonds. The molecule has 2 aromatic carbocycles. The van der Waals surface area contributed by atoms with Crippen LogP contribution in [0.15, 0.2) is 60.9 Å². The van der Waals surface area contributed by atoms with Crippen molar-refractivity contribution < 1.29 is 17.6 Å². The number of rotatable bonds is 6. The Morgan fingerprint density at radius 1 is 0.950 bits per heavy atom. The van der Waals surface area contributed by atoms with Gasteiger partial charge in [-0.05, 0) is 30.5 Å². The van der Waals surface area contributed by atoms with Gasteiger partial charge in [-0.3, -0.25) is 9.58 Å². The number of nitrogens with zero attached hydrogens (tertiary/aromatic N) is 6. The van der Waals surface area contributed by atoms with Gasteiger partial charge < -0.3 is 4.90 Å². The molecule has 208 valence electrons. The molecule has 6 rings (SSSR count). The minimum absolute atomic E-state index is 0.139. The first-order valence-electron chi connectivity index (χ1n) is 13.5. The molecule has 6 nitrogen and oxygen atoms in total. The highest BCUT2D eigenvalue weighted by Crippen LogP contribution is 2.43. The molecule has 0 unspecified atom stereocenters. The number of benzene rings is 2. The van der Waals surface area contributed by atoms with Gasteiger partial charge >= 0.3 is 0 Å². The molecule has 0 aliphatic carbocycles. The summed E-state index contributed by atoms with van der Waals surface area (Å²) in [5.41, 5.74) is 3.82. The van der Waals surface area contributed by atoms with E-state index in [9.17, 15) is 8.78 Å². The normalized spacial score (nSPS) is 16.8. The van der Waals surface area contributed by atoms with E-state index in [1.165, 1.54) is 5.56 Å². The molecular formula is C30H30F4N6. The Balaban J connectivity index is 1.25. The second-order valence-electron chi connectivity index (χ2n) is 10.6. The fourth-order valence-corrected chi connectivity index (χ4v) is 5.74. The number of aryl methyl sites for hydroxylation is 1. The number of aromatic nitrogens is 4. The van der Waals surface area contributed by atoms with Gasteiger partial charge in [0.1, 0.15) is 17.3 Å². The number of anilines is 1. The third kappa shape index (κ3) is 5.20. The Morgan fingerprint density at radius 3 is 2.42 bits per heavy atom. The number of hydrogen-bond donors (Lipinski definition) is 0. The van der Waals surface area contributed by atoms with Crippen molar-refractivity contribution in [2.75, 3.05) is 24.5 Å². The lowest BCUT2D eigenvalue weighted by atomic mass is 9.86. The average Bonchev–Trinajstić information content (AvgIpc) is 3.39. The van der Waals surface area contributed by atoms with Gasteiger partial charge in [-0.2, -0.15) is 5.10 Å². The predicted molar refractivity (Wildman–Crippen MR) is 144 cm³/mol. The fourth-order valence-electron chi connectivity index (χ4n) is 5.74. The number of hydrogen-bond acceptors (Lipinski definition) is 5. The topological polar surface area (TPSA) is 50.1 Å². The van der Waals surface area contributed by atoms with Crippen LogP contribution in [0, 0.1) is 17.6 Å². The first-order chi connectivity index (χ1) is 19.3. The molecule has 0 bridgehead atoms. The Kier molecular flexibility index (Phi) is 7.04. The molecular weight excluding hydrogens is 520 g/mol. The lowest BCUT2D eigenvalue weighted by Crippen LogP contribution is -2.41. The highest BCUT2D eigenvalue weighted by molar-refractivity contribution is 5.72. The molecule has 0 spiro atoms. The van der Waals surface area contributed by atoms with Crippen LogP contribution < -0.4 is 4.90 Å². The van der Waals surface area contributed by atoms with Crippen molar-refractivity contribution in [1.82, 2.24) is 24.6 Å². The lowest BCUT2D eigenvalue weighted by Gasteiger charge is -2.37. The standard InChI is InChI=1S/C30H30F4N6/c1-38-18-21(16-35-38)28-29(37-26-11-12-39(19-27(26)36-28)17-20-5-3-2-4-6-20)40-13-9-22(10-14-40)30(33,34)24-8-7-23(31)15-25(24)32/h2-8,15-16,18,22H,9-14,17,19H2,1H3. The van der Waals surface area contributed by atoms with Gasteiger partial charge in [-0.25, -0.2) is 27.5 Å². The van der Waals surface area contributed by atoms with Crippen molar-refractivity contribution >= 4 is 5.82 Å². The summed E-state index contributed by atoms with van der Waals surface area (Å²) in [5, 5.41) is 4.31. The molecule has 0 saturated carbocycles. The Labute approximate surface area is 230 Å². The fraction of sp³-hybridized carbons (Fsp3) is 0.367. The summed E-state index contributed by atoms with van der Waals surface area (Å²) in [6, 6.07) is 12.6. The van der Waals surface area contributed by atoms with Crippen LogP contribution >= 0.6 is 0 Å². The zero-order valence-corrected chi connectivity index (χ0v) is 22.2. The van der Waals surface area contributed by atoms with Crippen molar-refractivity contribution in [2.24, 2.45) is 13.0 Å². The second kappa shape index (κ2) is 10.6. The summed E-state index contributed by atoms with van der Waals surface area (Å²) >= 11 is 0. The number of fused-ring (bicyclic) bond motifs is 1. The highest BCUT2D eigenvalue weighted by atomic mass is 19.3. The van der Waals surface area contributed by atoms with E-state index in [2.05, 4.69) is 22.1 Å². The summed E-state index contributed by atoms with van der Waals surface area (Å²) in [4.78, 5) is 14.5. The molecule has 2 aromatic heterocycles. The van der Waals surface area contributed by atoms with Gasteiger partial charge in [0.25, 0.3) is 5.92 Å². The lowest BCUT2D eigenvalue weighted by molar-refractivity contribution is -0.0761. The van der Waals surface area contributed by atoms with Crippen molar-refractivity contribution in [2.45, 2.75) is 38.3 Å². The van der Waals surface area contributed by atoms with Crippen LogP contribution in [-0.2, 0) is 32.5 Å². The number of halogens is 4. The maximum absolute atomic E-state index is 15.3. The smallest absolute Gasteiger partial charge is 0.278 e. The zero-order valence-electron chi connectivity index (χ0n) is 22.2. The SMILES string of the molecule is Cn1cc(-c2nc3c(nc2N2CCC(C(F)(F)c4ccc(F)cc4F)CC2)CCN(Cc2ccccc2)C3)cn1. The third-order valence-electron chi connectivity index (χ3n) is 7.90. The Bertz CT molecular complexity index is 1500. The van der Waals surface area contributed by atoms with Crippen LogP contribution in [0.4, 0.5) is 23.4 Å². The van der Waals surface area contributed by atoms with E-state index in [-0.39, 0.29) is 12.8 Å². The average molecular weight is 551 g/mol. The Morgan fingerprint density at radius 2 is 1.73 bits per heavy atom. The predicted octanol–water partition coefficient (Wildman–Crippen LogP) is 5.72. The number of alkyl halides is 2. The summed E-state index contributed by atoms with van der Waals surface area (Å²) < 4.78 is 59.9. The van der Waals surface area contributed by atoms with E-state index in [0.717, 1.165) is 48.6 Å². The molecule has 10 heteroatoms. The van der Waals surface area contributed by atoms with Gasteiger partial charge in [0.05, 0.1) is 23.1 Å². The van der Waals surface area contributed by atoms with Gasteiger partial charge in [0, 0.05) is 69.9 Å². The zero-order chi connectivity index (χ0) is 27.9. The van der Waals surface area contributed by atoms with Crippen LogP contribution in [0.2, 0.25) is 0 Å². The maximum Gasteiger partial charge on any atom is 0.278 e. The molecule has 0 radical (unpaired) electrons. The largest absolute Gasteiger partial charge is 0.355 e. The molecule has 2 aliphatic rings. The number of piperidine rings is 1. The van der Waals surface area contributed by atoms with Crippen LogP contribution in [0.1, 0.15) is 35.4 Å². The van der Waals surface area contributed by atoms with E-state index >= 15 is 8.78 Å².